The fraction of sp³-hybridized carbons (Fsp3) is 0.400. The third-order valence-corrected chi connectivity index (χ3v) is 3.04. The molecule has 0 aliphatic rings. The molecule has 0 aliphatic heterocycles. The van der Waals surface area contributed by atoms with Crippen molar-refractivity contribution >= 4 is 5.95 Å². The van der Waals surface area contributed by atoms with Crippen molar-refractivity contribution in [3.8, 4) is 0 Å². The lowest BCUT2D eigenvalue weighted by Crippen LogP contribution is -2.14. The first-order valence-corrected chi connectivity index (χ1v) is 6.78. The van der Waals surface area contributed by atoms with Crippen LogP contribution in [-0.4, -0.2) is 9.55 Å². The van der Waals surface area contributed by atoms with Gasteiger partial charge in [0.05, 0.1) is 5.56 Å². The van der Waals surface area contributed by atoms with Crippen molar-refractivity contribution in [2.24, 2.45) is 5.92 Å². The van der Waals surface area contributed by atoms with Gasteiger partial charge in [0.1, 0.15) is 0 Å². The second-order valence-electron chi connectivity index (χ2n) is 5.31. The normalized spacial score (nSPS) is 11.9. The Balaban J connectivity index is 2.13. The van der Waals surface area contributed by atoms with E-state index in [2.05, 4.69) is 24.1 Å². The molecule has 1 heterocycles. The number of nitrogens with zero attached hydrogens (tertiary/aromatic N) is 2. The Bertz CT molecular complexity index is 588. The average molecular weight is 297 g/mol. The van der Waals surface area contributed by atoms with E-state index in [4.69, 9.17) is 0 Å². The van der Waals surface area contributed by atoms with Crippen molar-refractivity contribution in [2.75, 3.05) is 5.32 Å². The van der Waals surface area contributed by atoms with Crippen LogP contribution in [0.25, 0.3) is 0 Å². The summed E-state index contributed by atoms with van der Waals surface area (Å²) in [5.74, 6) is 1.02. The van der Waals surface area contributed by atoms with Crippen LogP contribution in [0.5, 0.6) is 0 Å². The SMILES string of the molecule is CC(C)Cn1ccnc1NCc1ccccc1C(F)(F)F. The Morgan fingerprint density at radius 1 is 1.24 bits per heavy atom. The fourth-order valence-electron chi connectivity index (χ4n) is 2.14. The van der Waals surface area contributed by atoms with Crippen LogP contribution in [-0.2, 0) is 19.3 Å². The maximum Gasteiger partial charge on any atom is 0.416 e. The van der Waals surface area contributed by atoms with Gasteiger partial charge in [-0.2, -0.15) is 13.2 Å². The summed E-state index contributed by atoms with van der Waals surface area (Å²) < 4.78 is 40.7. The van der Waals surface area contributed by atoms with E-state index in [9.17, 15) is 13.2 Å². The summed E-state index contributed by atoms with van der Waals surface area (Å²) in [5.41, 5.74) is -0.399. The van der Waals surface area contributed by atoms with Crippen molar-refractivity contribution < 1.29 is 13.2 Å². The van der Waals surface area contributed by atoms with Gasteiger partial charge in [0, 0.05) is 25.5 Å². The number of benzene rings is 1. The van der Waals surface area contributed by atoms with Crippen LogP contribution in [0.1, 0.15) is 25.0 Å². The number of rotatable bonds is 5. The standard InChI is InChI=1S/C15H18F3N3/c1-11(2)10-21-8-7-19-14(21)20-9-12-5-3-4-6-13(12)15(16,17)18/h3-8,11H,9-10H2,1-2H3,(H,19,20). The quantitative estimate of drug-likeness (QED) is 0.897. The molecule has 6 heteroatoms. The van der Waals surface area contributed by atoms with Crippen molar-refractivity contribution in [3.63, 3.8) is 0 Å². The molecule has 114 valence electrons. The van der Waals surface area contributed by atoms with E-state index in [0.29, 0.717) is 11.9 Å². The third-order valence-electron chi connectivity index (χ3n) is 3.04. The van der Waals surface area contributed by atoms with Crippen molar-refractivity contribution in [2.45, 2.75) is 33.1 Å². The third kappa shape index (κ3) is 4.00. The molecule has 0 atom stereocenters. The van der Waals surface area contributed by atoms with Gasteiger partial charge in [-0.15, -0.1) is 0 Å². The number of hydrogen-bond acceptors (Lipinski definition) is 2. The highest BCUT2D eigenvalue weighted by molar-refractivity contribution is 5.34. The minimum Gasteiger partial charge on any atom is -0.352 e. The predicted molar refractivity (Wildman–Crippen MR) is 75.8 cm³/mol. The van der Waals surface area contributed by atoms with Gasteiger partial charge in [0.25, 0.3) is 0 Å². The lowest BCUT2D eigenvalue weighted by atomic mass is 10.1. The predicted octanol–water partition coefficient (Wildman–Crippen LogP) is 4.17. The van der Waals surface area contributed by atoms with Gasteiger partial charge >= 0.3 is 6.18 Å². The summed E-state index contributed by atoms with van der Waals surface area (Å²) in [6, 6.07) is 5.57. The summed E-state index contributed by atoms with van der Waals surface area (Å²) in [4.78, 5) is 4.15. The number of alkyl halides is 3. The zero-order valence-electron chi connectivity index (χ0n) is 12.0. The Morgan fingerprint density at radius 2 is 1.95 bits per heavy atom. The molecule has 0 saturated carbocycles. The first-order valence-electron chi connectivity index (χ1n) is 6.78. The number of nitrogens with one attached hydrogen (secondary N) is 1. The van der Waals surface area contributed by atoms with E-state index in [0.717, 1.165) is 12.6 Å². The van der Waals surface area contributed by atoms with Crippen molar-refractivity contribution in [1.29, 1.82) is 0 Å². The number of imidazole rings is 1. The summed E-state index contributed by atoms with van der Waals surface area (Å²) in [5, 5.41) is 2.98. The largest absolute Gasteiger partial charge is 0.416 e. The van der Waals surface area contributed by atoms with Crippen LogP contribution in [0.15, 0.2) is 36.7 Å². The lowest BCUT2D eigenvalue weighted by Gasteiger charge is -2.15. The molecule has 0 fully saturated rings. The van der Waals surface area contributed by atoms with Gasteiger partial charge in [-0.3, -0.25) is 0 Å². The molecule has 0 spiro atoms. The molecule has 1 aromatic carbocycles. The molecule has 0 saturated heterocycles. The molecular weight excluding hydrogens is 279 g/mol. The van der Waals surface area contributed by atoms with Crippen LogP contribution in [0.2, 0.25) is 0 Å². The van der Waals surface area contributed by atoms with Crippen molar-refractivity contribution in [3.05, 3.63) is 47.8 Å². The minimum absolute atomic E-state index is 0.0881. The van der Waals surface area contributed by atoms with E-state index in [1.54, 1.807) is 12.3 Å². The highest BCUT2D eigenvalue weighted by Gasteiger charge is 2.32. The molecule has 3 nitrogen and oxygen atoms in total. The van der Waals surface area contributed by atoms with Gasteiger partial charge in [0.15, 0.2) is 0 Å². The first kappa shape index (κ1) is 15.4. The van der Waals surface area contributed by atoms with E-state index < -0.39 is 11.7 Å². The van der Waals surface area contributed by atoms with Crippen molar-refractivity contribution in [1.82, 2.24) is 9.55 Å². The Labute approximate surface area is 121 Å². The van der Waals surface area contributed by atoms with E-state index in [1.807, 2.05) is 10.8 Å². The molecule has 2 rings (SSSR count). The Kier molecular flexibility index (Phi) is 4.55. The highest BCUT2D eigenvalue weighted by Crippen LogP contribution is 2.32. The number of anilines is 1. The molecule has 0 aliphatic carbocycles. The van der Waals surface area contributed by atoms with E-state index >= 15 is 0 Å². The summed E-state index contributed by atoms with van der Waals surface area (Å²) in [7, 11) is 0. The Hall–Kier alpha value is -1.98. The fourth-order valence-corrected chi connectivity index (χ4v) is 2.14. The van der Waals surface area contributed by atoms with Gasteiger partial charge in [-0.25, -0.2) is 4.98 Å². The van der Waals surface area contributed by atoms with Crippen LogP contribution in [0.4, 0.5) is 19.1 Å². The molecule has 0 amide bonds. The van der Waals surface area contributed by atoms with Crippen LogP contribution in [0, 0.1) is 5.92 Å². The molecule has 1 N–H and O–H groups in total. The summed E-state index contributed by atoms with van der Waals surface area (Å²) in [6.07, 6.45) is -0.885. The zero-order chi connectivity index (χ0) is 15.5. The van der Waals surface area contributed by atoms with E-state index in [1.165, 1.54) is 12.1 Å². The maximum atomic E-state index is 12.9. The first-order chi connectivity index (χ1) is 9.88. The molecule has 0 unspecified atom stereocenters. The van der Waals surface area contributed by atoms with Gasteiger partial charge in [0.2, 0.25) is 5.95 Å². The highest BCUT2D eigenvalue weighted by atomic mass is 19.4. The van der Waals surface area contributed by atoms with Crippen LogP contribution in [0.3, 0.4) is 0 Å². The number of halogens is 3. The number of hydrogen-bond donors (Lipinski definition) is 1. The monoisotopic (exact) mass is 297 g/mol. The summed E-state index contributed by atoms with van der Waals surface area (Å²) in [6.45, 7) is 5.00. The molecule has 1 aromatic heterocycles. The molecular formula is C15H18F3N3. The minimum atomic E-state index is -4.34. The summed E-state index contributed by atoms with van der Waals surface area (Å²) >= 11 is 0. The number of aromatic nitrogens is 2. The van der Waals surface area contributed by atoms with Crippen LogP contribution >= 0.6 is 0 Å². The van der Waals surface area contributed by atoms with E-state index in [-0.39, 0.29) is 12.1 Å². The topological polar surface area (TPSA) is 29.9 Å². The lowest BCUT2D eigenvalue weighted by molar-refractivity contribution is -0.138. The van der Waals surface area contributed by atoms with Gasteiger partial charge in [-0.05, 0) is 17.5 Å². The molecule has 21 heavy (non-hydrogen) atoms. The average Bonchev–Trinajstić information content (AvgIpc) is 2.82. The Morgan fingerprint density at radius 3 is 2.62 bits per heavy atom. The smallest absolute Gasteiger partial charge is 0.352 e. The van der Waals surface area contributed by atoms with Crippen LogP contribution < -0.4 is 5.32 Å². The van der Waals surface area contributed by atoms with Gasteiger partial charge in [-0.1, -0.05) is 32.0 Å². The molecule has 0 radical (unpaired) electrons. The maximum absolute atomic E-state index is 12.9. The van der Waals surface area contributed by atoms with Gasteiger partial charge < -0.3 is 9.88 Å². The second kappa shape index (κ2) is 6.20. The zero-order valence-corrected chi connectivity index (χ0v) is 12.0. The molecule has 0 bridgehead atoms. The molecule has 2 aromatic rings. The second-order valence-corrected chi connectivity index (χ2v) is 5.31.